The van der Waals surface area contributed by atoms with Gasteiger partial charge in [0.05, 0.1) is 17.9 Å². The van der Waals surface area contributed by atoms with Gasteiger partial charge in [0.2, 0.25) is 0 Å². The first-order valence-corrected chi connectivity index (χ1v) is 10.2. The summed E-state index contributed by atoms with van der Waals surface area (Å²) in [6.07, 6.45) is 4.19. The summed E-state index contributed by atoms with van der Waals surface area (Å²) in [6, 6.07) is 10.6. The molecule has 2 aromatic heterocycles. The predicted molar refractivity (Wildman–Crippen MR) is 107 cm³/mol. The zero-order valence-electron chi connectivity index (χ0n) is 16.4. The summed E-state index contributed by atoms with van der Waals surface area (Å²) in [6.45, 7) is 8.10. The Hall–Kier alpha value is -2.51. The molecule has 7 heteroatoms. The number of rotatable bonds is 4. The molecule has 2 aliphatic heterocycles. The van der Waals surface area contributed by atoms with Gasteiger partial charge in [0.1, 0.15) is 11.6 Å². The van der Waals surface area contributed by atoms with Gasteiger partial charge in [0.25, 0.3) is 0 Å². The summed E-state index contributed by atoms with van der Waals surface area (Å²) in [5.41, 5.74) is 3.66. The van der Waals surface area contributed by atoms with Crippen molar-refractivity contribution in [3.05, 3.63) is 59.4 Å². The Labute approximate surface area is 165 Å². The van der Waals surface area contributed by atoms with Gasteiger partial charge in [0.15, 0.2) is 0 Å². The molecule has 7 nitrogen and oxygen atoms in total. The number of aryl methyl sites for hydroxylation is 1. The molecule has 5 rings (SSSR count). The van der Waals surface area contributed by atoms with Crippen LogP contribution in [0.25, 0.3) is 5.69 Å². The number of piperidine rings is 1. The van der Waals surface area contributed by atoms with E-state index < -0.39 is 0 Å². The lowest BCUT2D eigenvalue weighted by Crippen LogP contribution is -2.35. The summed E-state index contributed by atoms with van der Waals surface area (Å²) in [5, 5.41) is 16.9. The molecular weight excluding hydrogens is 350 g/mol. The fourth-order valence-electron chi connectivity index (χ4n) is 4.46. The normalized spacial score (nSPS) is 18.3. The van der Waals surface area contributed by atoms with Gasteiger partial charge >= 0.3 is 0 Å². The number of nitrogens with zero attached hydrogens (tertiary/aromatic N) is 6. The van der Waals surface area contributed by atoms with E-state index in [9.17, 15) is 0 Å². The molecule has 1 fully saturated rings. The van der Waals surface area contributed by atoms with Crippen LogP contribution in [0.15, 0.2) is 36.5 Å². The molecule has 1 N–H and O–H groups in total. The third-order valence-electron chi connectivity index (χ3n) is 6.05. The highest BCUT2D eigenvalue weighted by atomic mass is 15.3. The molecule has 0 saturated carbocycles. The van der Waals surface area contributed by atoms with Gasteiger partial charge in [-0.25, -0.2) is 4.68 Å². The molecule has 4 heterocycles. The average Bonchev–Trinajstić information content (AvgIpc) is 3.36. The summed E-state index contributed by atoms with van der Waals surface area (Å²) in [5.74, 6) is 2.81. The van der Waals surface area contributed by atoms with Crippen LogP contribution in [-0.4, -0.2) is 49.1 Å². The molecule has 1 aromatic carbocycles. The van der Waals surface area contributed by atoms with E-state index >= 15 is 0 Å². The maximum atomic E-state index is 4.58. The predicted octanol–water partition coefficient (Wildman–Crippen LogP) is 2.26. The summed E-state index contributed by atoms with van der Waals surface area (Å²) >= 11 is 0. The van der Waals surface area contributed by atoms with Crippen molar-refractivity contribution >= 4 is 0 Å². The minimum absolute atomic E-state index is 0.525. The van der Waals surface area contributed by atoms with Gasteiger partial charge in [-0.15, -0.1) is 10.2 Å². The van der Waals surface area contributed by atoms with Crippen molar-refractivity contribution < 1.29 is 0 Å². The summed E-state index contributed by atoms with van der Waals surface area (Å²) in [7, 11) is 0. The van der Waals surface area contributed by atoms with Crippen molar-refractivity contribution in [3.63, 3.8) is 0 Å². The van der Waals surface area contributed by atoms with Crippen LogP contribution in [0.3, 0.4) is 0 Å². The van der Waals surface area contributed by atoms with E-state index in [-0.39, 0.29) is 0 Å². The van der Waals surface area contributed by atoms with Crippen molar-refractivity contribution in [2.24, 2.45) is 0 Å². The highest BCUT2D eigenvalue weighted by Crippen LogP contribution is 2.28. The van der Waals surface area contributed by atoms with E-state index in [1.165, 1.54) is 22.8 Å². The molecule has 0 radical (unpaired) electrons. The first-order chi connectivity index (χ1) is 13.8. The molecule has 3 aromatic rings. The first-order valence-electron chi connectivity index (χ1n) is 10.2. The Morgan fingerprint density at radius 2 is 1.93 bits per heavy atom. The lowest BCUT2D eigenvalue weighted by molar-refractivity contribution is 0.196. The van der Waals surface area contributed by atoms with Gasteiger partial charge in [-0.2, -0.15) is 5.10 Å². The van der Waals surface area contributed by atoms with Crippen molar-refractivity contribution in [2.75, 3.05) is 19.6 Å². The Balaban J connectivity index is 1.26. The van der Waals surface area contributed by atoms with Crippen LogP contribution in [0.4, 0.5) is 0 Å². The lowest BCUT2D eigenvalue weighted by atomic mass is 9.95. The second kappa shape index (κ2) is 7.48. The minimum Gasteiger partial charge on any atom is -0.312 e. The topological polar surface area (TPSA) is 63.8 Å². The van der Waals surface area contributed by atoms with E-state index in [2.05, 4.69) is 72.0 Å². The third-order valence-corrected chi connectivity index (χ3v) is 6.05. The largest absolute Gasteiger partial charge is 0.312 e. The van der Waals surface area contributed by atoms with Crippen LogP contribution in [0.2, 0.25) is 0 Å². The highest BCUT2D eigenvalue weighted by Gasteiger charge is 2.27. The van der Waals surface area contributed by atoms with Crippen LogP contribution < -0.4 is 5.32 Å². The van der Waals surface area contributed by atoms with E-state index in [0.29, 0.717) is 5.92 Å². The van der Waals surface area contributed by atoms with Gasteiger partial charge in [-0.1, -0.05) is 18.2 Å². The molecule has 0 aliphatic carbocycles. The molecule has 0 unspecified atom stereocenters. The molecule has 0 amide bonds. The Morgan fingerprint density at radius 3 is 2.79 bits per heavy atom. The maximum Gasteiger partial charge on any atom is 0.147 e. The second-order valence-corrected chi connectivity index (χ2v) is 7.87. The van der Waals surface area contributed by atoms with Crippen molar-refractivity contribution in [3.8, 4) is 5.69 Å². The smallest absolute Gasteiger partial charge is 0.147 e. The highest BCUT2D eigenvalue weighted by molar-refractivity contribution is 5.40. The van der Waals surface area contributed by atoms with Gasteiger partial charge in [-0.3, -0.25) is 4.90 Å². The molecule has 1 saturated heterocycles. The fourth-order valence-corrected chi connectivity index (χ4v) is 4.46. The molecule has 28 heavy (non-hydrogen) atoms. The number of aromatic nitrogens is 5. The van der Waals surface area contributed by atoms with Crippen LogP contribution in [-0.2, 0) is 19.6 Å². The number of hydrogen-bond acceptors (Lipinski definition) is 5. The maximum absolute atomic E-state index is 4.58. The quantitative estimate of drug-likeness (QED) is 0.756. The van der Waals surface area contributed by atoms with Crippen LogP contribution >= 0.6 is 0 Å². The molecular formula is C21H27N7. The number of fused-ring (bicyclic) bond motifs is 1. The standard InChI is InChI=1S/C21H27N7/c1-16-4-2-3-5-19(16)28-18(6-9-23-28)15-26-11-7-17(8-12-26)21-25-24-20-14-22-10-13-27(20)21/h2-6,9,17,22H,7-8,10-15H2,1H3. The molecule has 0 spiro atoms. The molecule has 0 atom stereocenters. The number of para-hydroxylation sites is 1. The molecule has 146 valence electrons. The summed E-state index contributed by atoms with van der Waals surface area (Å²) in [4.78, 5) is 2.54. The van der Waals surface area contributed by atoms with Gasteiger partial charge < -0.3 is 9.88 Å². The van der Waals surface area contributed by atoms with Crippen molar-refractivity contribution in [1.82, 2.24) is 34.8 Å². The van der Waals surface area contributed by atoms with Gasteiger partial charge in [0, 0.05) is 31.7 Å². The second-order valence-electron chi connectivity index (χ2n) is 7.87. The van der Waals surface area contributed by atoms with E-state index in [1.807, 2.05) is 6.20 Å². The van der Waals surface area contributed by atoms with Crippen molar-refractivity contribution in [1.29, 1.82) is 0 Å². The average molecular weight is 377 g/mol. The monoisotopic (exact) mass is 377 g/mol. The first kappa shape index (κ1) is 17.6. The number of likely N-dealkylation sites (tertiary alicyclic amines) is 1. The van der Waals surface area contributed by atoms with Crippen molar-refractivity contribution in [2.45, 2.75) is 45.3 Å². The Morgan fingerprint density at radius 1 is 1.07 bits per heavy atom. The SMILES string of the molecule is Cc1ccccc1-n1nccc1CN1CCC(c2nnc3n2CCNC3)CC1. The van der Waals surface area contributed by atoms with Crippen LogP contribution in [0.5, 0.6) is 0 Å². The Kier molecular flexibility index (Phi) is 4.70. The Bertz CT molecular complexity index is 949. The fraction of sp³-hybridized carbons (Fsp3) is 0.476. The van der Waals surface area contributed by atoms with E-state index in [4.69, 9.17) is 0 Å². The minimum atomic E-state index is 0.525. The van der Waals surface area contributed by atoms with Gasteiger partial charge in [-0.05, 0) is 50.6 Å². The third kappa shape index (κ3) is 3.25. The van der Waals surface area contributed by atoms with Crippen LogP contribution in [0, 0.1) is 6.92 Å². The van der Waals surface area contributed by atoms with E-state index in [0.717, 1.165) is 57.9 Å². The number of hydrogen-bond donors (Lipinski definition) is 1. The zero-order valence-corrected chi connectivity index (χ0v) is 16.4. The zero-order chi connectivity index (χ0) is 18.9. The van der Waals surface area contributed by atoms with Crippen LogP contribution in [0.1, 0.15) is 41.7 Å². The molecule has 2 aliphatic rings. The number of benzene rings is 1. The molecule has 0 bridgehead atoms. The lowest BCUT2D eigenvalue weighted by Gasteiger charge is -2.32. The summed E-state index contributed by atoms with van der Waals surface area (Å²) < 4.78 is 4.42. The number of nitrogens with one attached hydrogen (secondary N) is 1. The van der Waals surface area contributed by atoms with E-state index in [1.54, 1.807) is 0 Å².